The van der Waals surface area contributed by atoms with Crippen LogP contribution in [0.25, 0.3) is 0 Å². The fourth-order valence-corrected chi connectivity index (χ4v) is 2.35. The van der Waals surface area contributed by atoms with Gasteiger partial charge >= 0.3 is 0 Å². The Kier molecular flexibility index (Phi) is 4.09. The van der Waals surface area contributed by atoms with Gasteiger partial charge in [-0.05, 0) is 37.9 Å². The van der Waals surface area contributed by atoms with Crippen molar-refractivity contribution >= 4 is 5.78 Å². The van der Waals surface area contributed by atoms with Gasteiger partial charge in [-0.3, -0.25) is 9.69 Å². The maximum absolute atomic E-state index is 13.0. The SMILES string of the molecule is CN(CC(=O)c1cccc(F)c1)CC1CC(O)C1. The van der Waals surface area contributed by atoms with Gasteiger partial charge in [0.25, 0.3) is 0 Å². The molecule has 0 saturated heterocycles. The third-order valence-corrected chi connectivity index (χ3v) is 3.34. The first-order valence-electron chi connectivity index (χ1n) is 6.20. The first-order chi connectivity index (χ1) is 8.54. The Hall–Kier alpha value is -1.26. The van der Waals surface area contributed by atoms with Crippen molar-refractivity contribution in [2.24, 2.45) is 5.92 Å². The lowest BCUT2D eigenvalue weighted by Crippen LogP contribution is -2.38. The van der Waals surface area contributed by atoms with Crippen molar-refractivity contribution in [3.63, 3.8) is 0 Å². The molecule has 0 heterocycles. The van der Waals surface area contributed by atoms with Crippen molar-refractivity contribution in [2.75, 3.05) is 20.1 Å². The minimum atomic E-state index is -0.384. The lowest BCUT2D eigenvalue weighted by Gasteiger charge is -2.34. The fourth-order valence-electron chi connectivity index (χ4n) is 2.35. The van der Waals surface area contributed by atoms with Crippen molar-refractivity contribution in [3.8, 4) is 0 Å². The molecule has 1 aromatic rings. The number of ketones is 1. The summed E-state index contributed by atoms with van der Waals surface area (Å²) in [6.45, 7) is 1.09. The van der Waals surface area contributed by atoms with E-state index >= 15 is 0 Å². The van der Waals surface area contributed by atoms with Gasteiger partial charge in [0.05, 0.1) is 12.6 Å². The van der Waals surface area contributed by atoms with E-state index in [2.05, 4.69) is 0 Å². The zero-order valence-electron chi connectivity index (χ0n) is 10.5. The van der Waals surface area contributed by atoms with Crippen LogP contribution < -0.4 is 0 Å². The Morgan fingerprint density at radius 1 is 1.50 bits per heavy atom. The van der Waals surface area contributed by atoms with E-state index in [1.165, 1.54) is 12.1 Å². The Labute approximate surface area is 106 Å². The molecule has 0 aliphatic heterocycles. The molecule has 1 aliphatic carbocycles. The highest BCUT2D eigenvalue weighted by atomic mass is 19.1. The van der Waals surface area contributed by atoms with Gasteiger partial charge in [-0.1, -0.05) is 12.1 Å². The minimum absolute atomic E-state index is 0.0723. The van der Waals surface area contributed by atoms with Gasteiger partial charge in [0.2, 0.25) is 0 Å². The summed E-state index contributed by atoms with van der Waals surface area (Å²) in [5.41, 5.74) is 0.412. The predicted octanol–water partition coefficient (Wildman–Crippen LogP) is 1.71. The van der Waals surface area contributed by atoms with Crippen LogP contribution in [0.3, 0.4) is 0 Å². The third kappa shape index (κ3) is 3.37. The number of Topliss-reactive ketones (excluding diaryl/α,β-unsaturated/α-hetero) is 1. The summed E-state index contributed by atoms with van der Waals surface area (Å²) in [5.74, 6) is 0.0211. The van der Waals surface area contributed by atoms with Crippen molar-refractivity contribution in [3.05, 3.63) is 35.6 Å². The van der Waals surface area contributed by atoms with E-state index in [0.29, 0.717) is 11.5 Å². The Morgan fingerprint density at radius 2 is 2.22 bits per heavy atom. The highest BCUT2D eigenvalue weighted by Gasteiger charge is 2.28. The van der Waals surface area contributed by atoms with Gasteiger partial charge in [-0.2, -0.15) is 0 Å². The minimum Gasteiger partial charge on any atom is -0.393 e. The van der Waals surface area contributed by atoms with Gasteiger partial charge in [-0.15, -0.1) is 0 Å². The van der Waals surface area contributed by atoms with Gasteiger partial charge in [0.1, 0.15) is 5.82 Å². The average Bonchev–Trinajstić information content (AvgIpc) is 2.26. The number of halogens is 1. The van der Waals surface area contributed by atoms with Crippen LogP contribution in [0, 0.1) is 11.7 Å². The molecule has 2 rings (SSSR count). The van der Waals surface area contributed by atoms with Gasteiger partial charge < -0.3 is 5.11 Å². The van der Waals surface area contributed by atoms with E-state index < -0.39 is 0 Å². The molecule has 1 aliphatic rings. The number of hydrogen-bond acceptors (Lipinski definition) is 3. The maximum Gasteiger partial charge on any atom is 0.176 e. The molecule has 1 fully saturated rings. The quantitative estimate of drug-likeness (QED) is 0.810. The summed E-state index contributed by atoms with van der Waals surface area (Å²) in [6.07, 6.45) is 1.47. The Balaban J connectivity index is 1.83. The van der Waals surface area contributed by atoms with E-state index in [4.69, 9.17) is 0 Å². The molecule has 0 spiro atoms. The van der Waals surface area contributed by atoms with Gasteiger partial charge in [-0.25, -0.2) is 4.39 Å². The largest absolute Gasteiger partial charge is 0.393 e. The number of likely N-dealkylation sites (N-methyl/N-ethyl adjacent to an activating group) is 1. The second kappa shape index (κ2) is 5.59. The van der Waals surface area contributed by atoms with Crippen LogP contribution >= 0.6 is 0 Å². The van der Waals surface area contributed by atoms with E-state index in [-0.39, 0.29) is 24.2 Å². The summed E-state index contributed by atoms with van der Waals surface area (Å²) in [5, 5.41) is 9.19. The standard InChI is InChI=1S/C14H18FNO2/c1-16(8-10-5-13(17)6-10)9-14(18)11-3-2-4-12(15)7-11/h2-4,7,10,13,17H,5-6,8-9H2,1H3. The molecule has 1 aromatic carbocycles. The molecule has 0 aromatic heterocycles. The number of aliphatic hydroxyl groups excluding tert-OH is 1. The smallest absolute Gasteiger partial charge is 0.176 e. The number of benzene rings is 1. The molecule has 18 heavy (non-hydrogen) atoms. The van der Waals surface area contributed by atoms with E-state index in [1.54, 1.807) is 12.1 Å². The van der Waals surface area contributed by atoms with Crippen LogP contribution in [0.4, 0.5) is 4.39 Å². The zero-order valence-corrected chi connectivity index (χ0v) is 10.5. The average molecular weight is 251 g/mol. The Bertz CT molecular complexity index is 430. The summed E-state index contributed by atoms with van der Waals surface area (Å²) in [6, 6.07) is 5.77. The topological polar surface area (TPSA) is 40.5 Å². The third-order valence-electron chi connectivity index (χ3n) is 3.34. The molecule has 0 bridgehead atoms. The number of aliphatic hydroxyl groups is 1. The summed E-state index contributed by atoms with van der Waals surface area (Å²) >= 11 is 0. The molecular formula is C14H18FNO2. The second-order valence-electron chi connectivity index (χ2n) is 5.12. The van der Waals surface area contributed by atoms with E-state index in [1.807, 2.05) is 11.9 Å². The van der Waals surface area contributed by atoms with Crippen LogP contribution in [0.1, 0.15) is 23.2 Å². The molecule has 4 heteroatoms. The van der Waals surface area contributed by atoms with Crippen molar-refractivity contribution in [2.45, 2.75) is 18.9 Å². The first-order valence-corrected chi connectivity index (χ1v) is 6.20. The first kappa shape index (κ1) is 13.2. The molecule has 3 nitrogen and oxygen atoms in total. The van der Waals surface area contributed by atoms with Crippen molar-refractivity contribution in [1.29, 1.82) is 0 Å². The van der Waals surface area contributed by atoms with Crippen LogP contribution in [-0.2, 0) is 0 Å². The molecule has 0 radical (unpaired) electrons. The van der Waals surface area contributed by atoms with Crippen molar-refractivity contribution in [1.82, 2.24) is 4.90 Å². The highest BCUT2D eigenvalue weighted by molar-refractivity contribution is 5.97. The number of carbonyl (C=O) groups excluding carboxylic acids is 1. The second-order valence-corrected chi connectivity index (χ2v) is 5.12. The summed E-state index contributed by atoms with van der Waals surface area (Å²) in [7, 11) is 1.88. The number of carbonyl (C=O) groups is 1. The fraction of sp³-hybridized carbons (Fsp3) is 0.500. The molecular weight excluding hydrogens is 233 g/mol. The zero-order chi connectivity index (χ0) is 13.1. The predicted molar refractivity (Wildman–Crippen MR) is 67.0 cm³/mol. The van der Waals surface area contributed by atoms with Crippen LogP contribution in [0.5, 0.6) is 0 Å². The lowest BCUT2D eigenvalue weighted by molar-refractivity contribution is 0.0286. The number of hydrogen-bond donors (Lipinski definition) is 1. The van der Waals surface area contributed by atoms with E-state index in [0.717, 1.165) is 19.4 Å². The lowest BCUT2D eigenvalue weighted by atomic mass is 9.82. The molecule has 98 valence electrons. The number of nitrogens with zero attached hydrogens (tertiary/aromatic N) is 1. The number of rotatable bonds is 5. The monoisotopic (exact) mass is 251 g/mol. The van der Waals surface area contributed by atoms with Crippen LogP contribution in [0.15, 0.2) is 24.3 Å². The van der Waals surface area contributed by atoms with Crippen LogP contribution in [-0.4, -0.2) is 42.0 Å². The molecule has 0 atom stereocenters. The Morgan fingerprint density at radius 3 is 2.83 bits per heavy atom. The van der Waals surface area contributed by atoms with E-state index in [9.17, 15) is 14.3 Å². The van der Waals surface area contributed by atoms with Gasteiger partial charge in [0, 0.05) is 12.1 Å². The molecule has 0 unspecified atom stereocenters. The van der Waals surface area contributed by atoms with Crippen LogP contribution in [0.2, 0.25) is 0 Å². The summed E-state index contributed by atoms with van der Waals surface area (Å²) < 4.78 is 13.0. The highest BCUT2D eigenvalue weighted by Crippen LogP contribution is 2.27. The molecule has 1 N–H and O–H groups in total. The summed E-state index contributed by atoms with van der Waals surface area (Å²) in [4.78, 5) is 13.8. The van der Waals surface area contributed by atoms with Gasteiger partial charge in [0.15, 0.2) is 5.78 Å². The molecule has 0 amide bonds. The molecule has 1 saturated carbocycles. The van der Waals surface area contributed by atoms with Crippen molar-refractivity contribution < 1.29 is 14.3 Å². The normalized spacial score (nSPS) is 22.9. The maximum atomic E-state index is 13.0.